The number of benzene rings is 1. The van der Waals surface area contributed by atoms with Gasteiger partial charge in [-0.05, 0) is 24.6 Å². The topological polar surface area (TPSA) is 56.8 Å². The molecule has 0 saturated carbocycles. The molecule has 0 aromatic heterocycles. The van der Waals surface area contributed by atoms with Crippen molar-refractivity contribution < 1.29 is 18.4 Å². The van der Waals surface area contributed by atoms with Crippen molar-refractivity contribution >= 4 is 10.8 Å². The molecular formula is C15H25NO4S. The van der Waals surface area contributed by atoms with Gasteiger partial charge in [0.15, 0.2) is 11.5 Å². The van der Waals surface area contributed by atoms with Crippen LogP contribution in [0.2, 0.25) is 0 Å². The molecule has 0 amide bonds. The zero-order valence-electron chi connectivity index (χ0n) is 13.4. The van der Waals surface area contributed by atoms with E-state index in [1.165, 1.54) is 0 Å². The molecule has 0 saturated heterocycles. The number of nitrogens with one attached hydrogen (secondary N) is 1. The molecule has 1 N–H and O–H groups in total. The molecular weight excluding hydrogens is 290 g/mol. The van der Waals surface area contributed by atoms with Gasteiger partial charge in [-0.15, -0.1) is 0 Å². The maximum Gasteiger partial charge on any atom is 0.203 e. The lowest BCUT2D eigenvalue weighted by Gasteiger charge is -2.18. The molecule has 0 spiro atoms. The fourth-order valence-electron chi connectivity index (χ4n) is 2.00. The van der Waals surface area contributed by atoms with E-state index in [1.807, 2.05) is 19.1 Å². The van der Waals surface area contributed by atoms with Gasteiger partial charge in [0.2, 0.25) is 5.75 Å². The van der Waals surface area contributed by atoms with Gasteiger partial charge in [0.1, 0.15) is 0 Å². The molecule has 1 rings (SSSR count). The van der Waals surface area contributed by atoms with E-state index in [0.717, 1.165) is 5.56 Å². The molecule has 0 radical (unpaired) electrons. The summed E-state index contributed by atoms with van der Waals surface area (Å²) >= 11 is 0. The second kappa shape index (κ2) is 8.89. The van der Waals surface area contributed by atoms with E-state index in [2.05, 4.69) is 12.2 Å². The lowest BCUT2D eigenvalue weighted by Crippen LogP contribution is -2.24. The Morgan fingerprint density at radius 2 is 1.71 bits per heavy atom. The second-order valence-corrected chi connectivity index (χ2v) is 6.43. The summed E-state index contributed by atoms with van der Waals surface area (Å²) in [6.45, 7) is 4.69. The van der Waals surface area contributed by atoms with Crippen molar-refractivity contribution in [2.75, 3.05) is 39.4 Å². The van der Waals surface area contributed by atoms with Gasteiger partial charge in [-0.2, -0.15) is 0 Å². The predicted molar refractivity (Wildman–Crippen MR) is 86.1 cm³/mol. The zero-order chi connectivity index (χ0) is 15.8. The average Bonchev–Trinajstić information content (AvgIpc) is 2.52. The molecule has 120 valence electrons. The molecule has 0 heterocycles. The highest BCUT2D eigenvalue weighted by Crippen LogP contribution is 2.39. The standard InChI is InChI=1S/C15H25NO4S/c1-6-21(17)8-7-16-11(2)12-9-13(18-3)15(20-5)14(10-12)19-4/h9-11,16H,6-8H2,1-5H3. The Balaban J connectivity index is 2.84. The highest BCUT2D eigenvalue weighted by atomic mass is 32.2. The molecule has 0 bridgehead atoms. The van der Waals surface area contributed by atoms with Gasteiger partial charge in [-0.1, -0.05) is 6.92 Å². The monoisotopic (exact) mass is 315 g/mol. The molecule has 0 aliphatic rings. The van der Waals surface area contributed by atoms with Crippen molar-refractivity contribution in [1.82, 2.24) is 5.32 Å². The van der Waals surface area contributed by atoms with Crippen LogP contribution in [0.15, 0.2) is 12.1 Å². The molecule has 21 heavy (non-hydrogen) atoms. The molecule has 6 heteroatoms. The fraction of sp³-hybridized carbons (Fsp3) is 0.600. The molecule has 0 aliphatic heterocycles. The van der Waals surface area contributed by atoms with Crippen LogP contribution in [-0.2, 0) is 10.8 Å². The third kappa shape index (κ3) is 4.89. The van der Waals surface area contributed by atoms with Crippen LogP contribution >= 0.6 is 0 Å². The molecule has 1 aromatic rings. The summed E-state index contributed by atoms with van der Waals surface area (Å²) in [6, 6.07) is 3.96. The summed E-state index contributed by atoms with van der Waals surface area (Å²) in [6.07, 6.45) is 0. The largest absolute Gasteiger partial charge is 0.493 e. The van der Waals surface area contributed by atoms with E-state index in [4.69, 9.17) is 14.2 Å². The Bertz CT molecular complexity index is 454. The molecule has 0 aliphatic carbocycles. The summed E-state index contributed by atoms with van der Waals surface area (Å²) in [5.74, 6) is 3.21. The number of rotatable bonds is 9. The van der Waals surface area contributed by atoms with Crippen molar-refractivity contribution in [2.24, 2.45) is 0 Å². The third-order valence-electron chi connectivity index (χ3n) is 3.29. The lowest BCUT2D eigenvalue weighted by molar-refractivity contribution is 0.323. The quantitative estimate of drug-likeness (QED) is 0.756. The lowest BCUT2D eigenvalue weighted by atomic mass is 10.1. The smallest absolute Gasteiger partial charge is 0.203 e. The second-order valence-electron chi connectivity index (χ2n) is 4.57. The van der Waals surface area contributed by atoms with Crippen molar-refractivity contribution in [3.8, 4) is 17.2 Å². The molecule has 5 nitrogen and oxygen atoms in total. The summed E-state index contributed by atoms with van der Waals surface area (Å²) in [4.78, 5) is 0. The van der Waals surface area contributed by atoms with Gasteiger partial charge in [-0.25, -0.2) is 0 Å². The van der Waals surface area contributed by atoms with Gasteiger partial charge in [-0.3, -0.25) is 4.21 Å². The summed E-state index contributed by atoms with van der Waals surface area (Å²) in [5.41, 5.74) is 1.03. The fourth-order valence-corrected chi connectivity index (χ4v) is 2.64. The summed E-state index contributed by atoms with van der Waals surface area (Å²) < 4.78 is 27.4. The van der Waals surface area contributed by atoms with Crippen LogP contribution in [0.25, 0.3) is 0 Å². The average molecular weight is 315 g/mol. The Labute approximate surface area is 129 Å². The van der Waals surface area contributed by atoms with Crippen LogP contribution in [0.1, 0.15) is 25.5 Å². The van der Waals surface area contributed by atoms with Crippen LogP contribution < -0.4 is 19.5 Å². The first-order valence-electron chi connectivity index (χ1n) is 6.95. The van der Waals surface area contributed by atoms with Gasteiger partial charge >= 0.3 is 0 Å². The van der Waals surface area contributed by atoms with Crippen LogP contribution in [0.3, 0.4) is 0 Å². The van der Waals surface area contributed by atoms with Crippen LogP contribution in [0.4, 0.5) is 0 Å². The summed E-state index contributed by atoms with van der Waals surface area (Å²) in [5, 5.41) is 3.36. The summed E-state index contributed by atoms with van der Waals surface area (Å²) in [7, 11) is 4.04. The number of ether oxygens (including phenoxy) is 3. The number of hydrogen-bond acceptors (Lipinski definition) is 5. The van der Waals surface area contributed by atoms with E-state index in [-0.39, 0.29) is 6.04 Å². The Morgan fingerprint density at radius 1 is 1.14 bits per heavy atom. The van der Waals surface area contributed by atoms with Crippen LogP contribution in [0, 0.1) is 0 Å². The Kier molecular flexibility index (Phi) is 7.53. The van der Waals surface area contributed by atoms with Gasteiger partial charge < -0.3 is 19.5 Å². The molecule has 1 aromatic carbocycles. The van der Waals surface area contributed by atoms with Crippen molar-refractivity contribution in [1.29, 1.82) is 0 Å². The maximum absolute atomic E-state index is 11.4. The van der Waals surface area contributed by atoms with Crippen LogP contribution in [0.5, 0.6) is 17.2 Å². The minimum Gasteiger partial charge on any atom is -0.493 e. The van der Waals surface area contributed by atoms with E-state index >= 15 is 0 Å². The minimum atomic E-state index is -0.749. The van der Waals surface area contributed by atoms with Gasteiger partial charge in [0.05, 0.1) is 21.3 Å². The van der Waals surface area contributed by atoms with E-state index < -0.39 is 10.8 Å². The van der Waals surface area contributed by atoms with Crippen molar-refractivity contribution in [3.63, 3.8) is 0 Å². The Morgan fingerprint density at radius 3 is 2.14 bits per heavy atom. The molecule has 0 fully saturated rings. The van der Waals surface area contributed by atoms with E-state index in [1.54, 1.807) is 21.3 Å². The minimum absolute atomic E-state index is 0.104. The van der Waals surface area contributed by atoms with E-state index in [0.29, 0.717) is 35.3 Å². The maximum atomic E-state index is 11.4. The van der Waals surface area contributed by atoms with Gasteiger partial charge in [0.25, 0.3) is 0 Å². The first-order valence-corrected chi connectivity index (χ1v) is 8.44. The highest BCUT2D eigenvalue weighted by Gasteiger charge is 2.16. The SMILES string of the molecule is CCS(=O)CCNC(C)c1cc(OC)c(OC)c(OC)c1. The normalized spacial score (nSPS) is 13.6. The third-order valence-corrected chi connectivity index (χ3v) is 4.59. The molecule has 2 atom stereocenters. The molecule has 2 unspecified atom stereocenters. The van der Waals surface area contributed by atoms with E-state index in [9.17, 15) is 4.21 Å². The first kappa shape index (κ1) is 17.8. The number of methoxy groups -OCH3 is 3. The zero-order valence-corrected chi connectivity index (χ0v) is 14.2. The highest BCUT2D eigenvalue weighted by molar-refractivity contribution is 7.84. The van der Waals surface area contributed by atoms with Gasteiger partial charge in [0, 0.05) is 34.9 Å². The Hall–Kier alpha value is -1.27. The van der Waals surface area contributed by atoms with Crippen LogP contribution in [-0.4, -0.2) is 43.6 Å². The van der Waals surface area contributed by atoms with Crippen molar-refractivity contribution in [3.05, 3.63) is 17.7 Å². The predicted octanol–water partition coefficient (Wildman–Crippen LogP) is 2.13. The van der Waals surface area contributed by atoms with Crippen molar-refractivity contribution in [2.45, 2.75) is 19.9 Å². The number of hydrogen-bond donors (Lipinski definition) is 1. The first-order chi connectivity index (χ1) is 10.1.